The Bertz CT molecular complexity index is 981. The minimum Gasteiger partial charge on any atom is -0.279 e. The fraction of sp³-hybridized carbons (Fsp3) is 0.133. The number of benzene rings is 2. The van der Waals surface area contributed by atoms with Gasteiger partial charge in [0.25, 0.3) is 15.7 Å². The molecule has 138 valence electrons. The van der Waals surface area contributed by atoms with Crippen LogP contribution in [0.5, 0.6) is 0 Å². The van der Waals surface area contributed by atoms with Gasteiger partial charge in [0.1, 0.15) is 6.04 Å². The molecule has 0 bridgehead atoms. The van der Waals surface area contributed by atoms with E-state index in [0.717, 1.165) is 12.1 Å². The highest BCUT2D eigenvalue weighted by molar-refractivity contribution is 7.93. The number of nitro groups is 1. The van der Waals surface area contributed by atoms with E-state index in [1.165, 1.54) is 37.3 Å². The van der Waals surface area contributed by atoms with Gasteiger partial charge in [-0.15, -0.1) is 0 Å². The van der Waals surface area contributed by atoms with Crippen molar-refractivity contribution in [2.45, 2.75) is 17.9 Å². The molecule has 1 atom stereocenters. The lowest BCUT2D eigenvalue weighted by atomic mass is 10.3. The zero-order valence-electron chi connectivity index (χ0n) is 13.1. The molecule has 2 rings (SSSR count). The predicted octanol–water partition coefficient (Wildman–Crippen LogP) is 4.25. The van der Waals surface area contributed by atoms with Crippen LogP contribution < -0.4 is 4.31 Å². The number of hydrogen-bond donors (Lipinski definition) is 0. The molecular weight excluding hydrogens is 427 g/mol. The van der Waals surface area contributed by atoms with Crippen molar-refractivity contribution < 1.29 is 18.1 Å². The van der Waals surface area contributed by atoms with Gasteiger partial charge in [0.2, 0.25) is 5.24 Å². The maximum Gasteiger partial charge on any atom is 0.289 e. The van der Waals surface area contributed by atoms with Crippen LogP contribution in [0.3, 0.4) is 0 Å². The summed E-state index contributed by atoms with van der Waals surface area (Å²) in [5.41, 5.74) is -0.774. The number of anilines is 1. The van der Waals surface area contributed by atoms with Gasteiger partial charge >= 0.3 is 0 Å². The van der Waals surface area contributed by atoms with Gasteiger partial charge in [0.15, 0.2) is 4.90 Å². The highest BCUT2D eigenvalue weighted by atomic mass is 35.5. The minimum absolute atomic E-state index is 0.0266. The molecule has 0 radical (unpaired) electrons. The molecule has 0 saturated carbocycles. The summed E-state index contributed by atoms with van der Waals surface area (Å²) < 4.78 is 27.0. The second-order valence-electron chi connectivity index (χ2n) is 5.10. The van der Waals surface area contributed by atoms with Crippen LogP contribution >= 0.6 is 34.8 Å². The molecule has 0 aliphatic heterocycles. The van der Waals surface area contributed by atoms with Crippen LogP contribution in [-0.2, 0) is 14.8 Å². The van der Waals surface area contributed by atoms with Crippen LogP contribution in [0.4, 0.5) is 11.4 Å². The maximum absolute atomic E-state index is 13.2. The van der Waals surface area contributed by atoms with E-state index in [1.807, 2.05) is 0 Å². The molecule has 2 aromatic rings. The van der Waals surface area contributed by atoms with E-state index in [9.17, 15) is 23.3 Å². The van der Waals surface area contributed by atoms with Gasteiger partial charge in [-0.05, 0) is 42.8 Å². The van der Waals surface area contributed by atoms with E-state index in [-0.39, 0.29) is 15.7 Å². The van der Waals surface area contributed by atoms with Gasteiger partial charge in [0, 0.05) is 11.1 Å². The summed E-state index contributed by atoms with van der Waals surface area (Å²) in [4.78, 5) is 21.5. The normalized spacial score (nSPS) is 12.5. The Balaban J connectivity index is 2.80. The molecule has 11 heteroatoms. The Morgan fingerprint density at radius 3 is 2.38 bits per heavy atom. The van der Waals surface area contributed by atoms with E-state index in [0.29, 0.717) is 4.31 Å². The first-order valence-corrected chi connectivity index (χ1v) is 9.57. The first-order valence-electron chi connectivity index (χ1n) is 6.99. The second kappa shape index (κ2) is 7.79. The SMILES string of the molecule is CC(C(=O)Cl)N(c1cc(Cl)ccc1Cl)S(=O)(=O)c1ccccc1[N+](=O)[O-]. The zero-order chi connectivity index (χ0) is 19.6. The number of nitrogens with zero attached hydrogens (tertiary/aromatic N) is 2. The van der Waals surface area contributed by atoms with Gasteiger partial charge in [-0.2, -0.15) is 0 Å². The molecule has 0 fully saturated rings. The summed E-state index contributed by atoms with van der Waals surface area (Å²) in [5, 5.41) is 10.4. The van der Waals surface area contributed by atoms with E-state index in [4.69, 9.17) is 34.8 Å². The molecule has 2 aromatic carbocycles. The standard InChI is InChI=1S/C15H11Cl3N2O5S/c1-9(15(18)21)19(13-8-10(16)6-7-11(13)17)26(24,25)14-5-3-2-4-12(14)20(22)23/h2-9H,1H3. The lowest BCUT2D eigenvalue weighted by molar-refractivity contribution is -0.387. The largest absolute Gasteiger partial charge is 0.289 e. The maximum atomic E-state index is 13.2. The van der Waals surface area contributed by atoms with Crippen LogP contribution in [0.1, 0.15) is 6.92 Å². The van der Waals surface area contributed by atoms with E-state index < -0.39 is 36.8 Å². The molecule has 0 amide bonds. The Hall–Kier alpha value is -1.87. The molecule has 0 aliphatic rings. The number of rotatable bonds is 6. The number of halogens is 3. The Morgan fingerprint density at radius 1 is 1.19 bits per heavy atom. The van der Waals surface area contributed by atoms with Crippen LogP contribution in [0.25, 0.3) is 0 Å². The Morgan fingerprint density at radius 2 is 1.81 bits per heavy atom. The van der Waals surface area contributed by atoms with Crippen molar-refractivity contribution in [3.05, 3.63) is 62.6 Å². The molecule has 26 heavy (non-hydrogen) atoms. The van der Waals surface area contributed by atoms with Crippen molar-refractivity contribution >= 4 is 61.4 Å². The van der Waals surface area contributed by atoms with Crippen LogP contribution in [0, 0.1) is 10.1 Å². The second-order valence-corrected chi connectivity index (χ2v) is 8.10. The minimum atomic E-state index is -4.57. The van der Waals surface area contributed by atoms with E-state index in [2.05, 4.69) is 0 Å². The van der Waals surface area contributed by atoms with Gasteiger partial charge in [-0.3, -0.25) is 19.2 Å². The molecule has 7 nitrogen and oxygen atoms in total. The fourth-order valence-electron chi connectivity index (χ4n) is 2.23. The first kappa shape index (κ1) is 20.4. The number of sulfonamides is 1. The topological polar surface area (TPSA) is 97.6 Å². The third-order valence-electron chi connectivity index (χ3n) is 3.42. The van der Waals surface area contributed by atoms with E-state index in [1.54, 1.807) is 0 Å². The first-order chi connectivity index (χ1) is 12.1. The average molecular weight is 438 g/mol. The zero-order valence-corrected chi connectivity index (χ0v) is 16.2. The van der Waals surface area contributed by atoms with E-state index >= 15 is 0 Å². The van der Waals surface area contributed by atoms with Crippen LogP contribution in [-0.4, -0.2) is 24.6 Å². The van der Waals surface area contributed by atoms with Gasteiger partial charge < -0.3 is 0 Å². The average Bonchev–Trinajstić information content (AvgIpc) is 2.57. The summed E-state index contributed by atoms with van der Waals surface area (Å²) >= 11 is 17.5. The number of para-hydroxylation sites is 1. The van der Waals surface area contributed by atoms with Crippen molar-refractivity contribution in [3.63, 3.8) is 0 Å². The van der Waals surface area contributed by atoms with Gasteiger partial charge in [-0.25, -0.2) is 8.42 Å². The summed E-state index contributed by atoms with van der Waals surface area (Å²) in [6.07, 6.45) is 0. The lowest BCUT2D eigenvalue weighted by Gasteiger charge is -2.29. The molecule has 0 heterocycles. The van der Waals surface area contributed by atoms with Crippen molar-refractivity contribution in [2.75, 3.05) is 4.31 Å². The summed E-state index contributed by atoms with van der Waals surface area (Å²) in [7, 11) is -4.57. The van der Waals surface area contributed by atoms with Gasteiger partial charge in [0.05, 0.1) is 15.6 Å². The third-order valence-corrected chi connectivity index (χ3v) is 6.23. The number of carbonyl (C=O) groups is 1. The smallest absolute Gasteiger partial charge is 0.279 e. The van der Waals surface area contributed by atoms with Crippen molar-refractivity contribution in [2.24, 2.45) is 0 Å². The van der Waals surface area contributed by atoms with Gasteiger partial charge in [-0.1, -0.05) is 35.3 Å². The predicted molar refractivity (Wildman–Crippen MR) is 99.5 cm³/mol. The fourth-order valence-corrected chi connectivity index (χ4v) is 4.60. The highest BCUT2D eigenvalue weighted by Crippen LogP contribution is 2.37. The molecule has 1 unspecified atom stereocenters. The Labute approximate surface area is 164 Å². The summed E-state index contributed by atoms with van der Waals surface area (Å²) in [6.45, 7) is 1.24. The van der Waals surface area contributed by atoms with Crippen molar-refractivity contribution in [3.8, 4) is 0 Å². The van der Waals surface area contributed by atoms with Crippen LogP contribution in [0.2, 0.25) is 10.0 Å². The summed E-state index contributed by atoms with van der Waals surface area (Å²) in [6, 6.07) is 7.35. The number of nitro benzene ring substituents is 1. The lowest BCUT2D eigenvalue weighted by Crippen LogP contribution is -2.42. The molecule has 0 saturated heterocycles. The monoisotopic (exact) mass is 436 g/mol. The molecule has 0 aromatic heterocycles. The highest BCUT2D eigenvalue weighted by Gasteiger charge is 2.37. The molecule has 0 aliphatic carbocycles. The van der Waals surface area contributed by atoms with Crippen LogP contribution in [0.15, 0.2) is 47.4 Å². The molecule has 0 spiro atoms. The summed E-state index contributed by atoms with van der Waals surface area (Å²) in [5.74, 6) is 0. The number of carbonyl (C=O) groups excluding carboxylic acids is 1. The van der Waals surface area contributed by atoms with Crippen molar-refractivity contribution in [1.82, 2.24) is 0 Å². The van der Waals surface area contributed by atoms with Crippen molar-refractivity contribution in [1.29, 1.82) is 0 Å². The number of hydrogen-bond acceptors (Lipinski definition) is 5. The molecule has 0 N–H and O–H groups in total. The Kier molecular flexibility index (Phi) is 6.13. The quantitative estimate of drug-likeness (QED) is 0.382. The molecular formula is C15H11Cl3N2O5S. The third kappa shape index (κ3) is 3.93.